The van der Waals surface area contributed by atoms with Crippen LogP contribution in [-0.2, 0) is 13.6 Å². The zero-order valence-corrected chi connectivity index (χ0v) is 31.9. The first kappa shape index (κ1) is 45.1. The average Bonchev–Trinajstić information content (AvgIpc) is 3.03. The normalized spacial score (nSPS) is 13.2. The molecule has 0 bridgehead atoms. The second-order valence-corrected chi connectivity index (χ2v) is 15.3. The van der Waals surface area contributed by atoms with Gasteiger partial charge in [0.2, 0.25) is 0 Å². The minimum absolute atomic E-state index is 0.312. The SMILES string of the molecule is CCCCCCCCCCCOP(=O)(O)OCCCCCCN(CCCCCCCCCCC)CCCCCCCCCCC. The summed E-state index contributed by atoms with van der Waals surface area (Å²) in [4.78, 5) is 12.7. The van der Waals surface area contributed by atoms with Crippen LogP contribution in [0.1, 0.15) is 220 Å². The Morgan fingerprint density at radius 1 is 0.378 bits per heavy atom. The number of hydrogen-bond acceptors (Lipinski definition) is 4. The Morgan fingerprint density at radius 3 is 0.867 bits per heavy atom. The largest absolute Gasteiger partial charge is 0.472 e. The highest BCUT2D eigenvalue weighted by molar-refractivity contribution is 7.47. The summed E-state index contributed by atoms with van der Waals surface area (Å²) >= 11 is 0. The Labute approximate surface area is 283 Å². The number of unbranched alkanes of at least 4 members (excludes halogenated alkanes) is 27. The van der Waals surface area contributed by atoms with Crippen molar-refractivity contribution in [1.29, 1.82) is 0 Å². The fraction of sp³-hybridized carbons (Fsp3) is 1.00. The van der Waals surface area contributed by atoms with E-state index >= 15 is 0 Å². The van der Waals surface area contributed by atoms with Crippen LogP contribution in [0, 0.1) is 0 Å². The third kappa shape index (κ3) is 36.7. The number of nitrogens with zero attached hydrogens (tertiary/aromatic N) is 1. The van der Waals surface area contributed by atoms with Crippen molar-refractivity contribution >= 4 is 7.82 Å². The highest BCUT2D eigenvalue weighted by atomic mass is 31.2. The molecular formula is C39H82NO4P. The van der Waals surface area contributed by atoms with Gasteiger partial charge in [-0.3, -0.25) is 9.05 Å². The zero-order chi connectivity index (χ0) is 32.9. The molecule has 0 radical (unpaired) electrons. The summed E-state index contributed by atoms with van der Waals surface area (Å²) in [6, 6.07) is 0. The number of phosphoric acid groups is 1. The van der Waals surface area contributed by atoms with Crippen LogP contribution >= 0.6 is 7.82 Å². The van der Waals surface area contributed by atoms with Gasteiger partial charge in [0, 0.05) is 0 Å². The van der Waals surface area contributed by atoms with Crippen LogP contribution in [0.4, 0.5) is 0 Å². The van der Waals surface area contributed by atoms with Crippen molar-refractivity contribution in [3.05, 3.63) is 0 Å². The molecule has 0 aromatic carbocycles. The van der Waals surface area contributed by atoms with Gasteiger partial charge < -0.3 is 9.79 Å². The number of rotatable bonds is 39. The van der Waals surface area contributed by atoms with Gasteiger partial charge in [-0.05, 0) is 51.7 Å². The highest BCUT2D eigenvalue weighted by Crippen LogP contribution is 2.43. The monoisotopic (exact) mass is 660 g/mol. The topological polar surface area (TPSA) is 59.0 Å². The van der Waals surface area contributed by atoms with Crippen LogP contribution in [0.15, 0.2) is 0 Å². The maximum Gasteiger partial charge on any atom is 0.472 e. The fourth-order valence-electron chi connectivity index (χ4n) is 6.23. The van der Waals surface area contributed by atoms with Gasteiger partial charge in [0.25, 0.3) is 0 Å². The lowest BCUT2D eigenvalue weighted by Gasteiger charge is -2.22. The van der Waals surface area contributed by atoms with E-state index in [0.29, 0.717) is 13.2 Å². The maximum atomic E-state index is 12.2. The second-order valence-electron chi connectivity index (χ2n) is 13.9. The van der Waals surface area contributed by atoms with Crippen LogP contribution < -0.4 is 0 Å². The van der Waals surface area contributed by atoms with Gasteiger partial charge in [-0.25, -0.2) is 4.57 Å². The molecule has 1 unspecified atom stereocenters. The van der Waals surface area contributed by atoms with Crippen LogP contribution in [0.2, 0.25) is 0 Å². The molecule has 0 rings (SSSR count). The molecule has 5 nitrogen and oxygen atoms in total. The second kappa shape index (κ2) is 36.9. The minimum atomic E-state index is -3.90. The Kier molecular flexibility index (Phi) is 37.0. The van der Waals surface area contributed by atoms with Crippen LogP contribution in [-0.4, -0.2) is 42.6 Å². The quantitative estimate of drug-likeness (QED) is 0.0525. The Morgan fingerprint density at radius 2 is 0.600 bits per heavy atom. The van der Waals surface area contributed by atoms with E-state index in [1.165, 1.54) is 187 Å². The molecule has 0 amide bonds. The summed E-state index contributed by atoms with van der Waals surface area (Å²) < 4.78 is 22.6. The van der Waals surface area contributed by atoms with E-state index in [2.05, 4.69) is 25.7 Å². The first-order valence-electron chi connectivity index (χ1n) is 20.4. The summed E-state index contributed by atoms with van der Waals surface area (Å²) in [5, 5.41) is 0. The Hall–Kier alpha value is 0.0700. The molecule has 0 aliphatic carbocycles. The molecule has 0 saturated heterocycles. The van der Waals surface area contributed by atoms with E-state index in [1.54, 1.807) is 0 Å². The summed E-state index contributed by atoms with van der Waals surface area (Å²) in [6.07, 6.45) is 40.2. The standard InChI is InChI=1S/C39H82NO4P/c1-4-7-10-13-16-19-22-25-30-35-40(36-31-26-23-20-17-14-11-8-5-2)37-32-27-29-34-39-44-45(41,42)43-38-33-28-24-21-18-15-12-9-6-3/h4-39H2,1-3H3,(H,41,42). The average molecular weight is 660 g/mol. The van der Waals surface area contributed by atoms with E-state index in [0.717, 1.165) is 32.1 Å². The van der Waals surface area contributed by atoms with Crippen molar-refractivity contribution in [3.8, 4) is 0 Å². The van der Waals surface area contributed by atoms with E-state index in [-0.39, 0.29) is 0 Å². The van der Waals surface area contributed by atoms with Crippen LogP contribution in [0.25, 0.3) is 0 Å². The van der Waals surface area contributed by atoms with Crippen LogP contribution in [0.5, 0.6) is 0 Å². The summed E-state index contributed by atoms with van der Waals surface area (Å²) in [7, 11) is -3.90. The van der Waals surface area contributed by atoms with Gasteiger partial charge in [0.05, 0.1) is 13.2 Å². The van der Waals surface area contributed by atoms with E-state index in [4.69, 9.17) is 9.05 Å². The van der Waals surface area contributed by atoms with Crippen molar-refractivity contribution in [2.24, 2.45) is 0 Å². The number of phosphoric ester groups is 1. The smallest absolute Gasteiger partial charge is 0.303 e. The van der Waals surface area contributed by atoms with Gasteiger partial charge in [-0.1, -0.05) is 188 Å². The molecule has 0 saturated carbocycles. The Balaban J connectivity index is 3.99. The third-order valence-electron chi connectivity index (χ3n) is 9.28. The molecule has 0 aliphatic heterocycles. The molecule has 0 aliphatic rings. The molecule has 0 spiro atoms. The lowest BCUT2D eigenvalue weighted by atomic mass is 10.1. The zero-order valence-electron chi connectivity index (χ0n) is 31.0. The number of hydrogen-bond donors (Lipinski definition) is 1. The van der Waals surface area contributed by atoms with E-state index in [9.17, 15) is 9.46 Å². The van der Waals surface area contributed by atoms with Gasteiger partial charge >= 0.3 is 7.82 Å². The molecule has 45 heavy (non-hydrogen) atoms. The molecule has 0 aromatic rings. The molecule has 1 atom stereocenters. The van der Waals surface area contributed by atoms with Gasteiger partial charge in [0.1, 0.15) is 0 Å². The molecule has 6 heteroatoms. The van der Waals surface area contributed by atoms with Gasteiger partial charge in [-0.2, -0.15) is 0 Å². The highest BCUT2D eigenvalue weighted by Gasteiger charge is 2.20. The molecule has 0 aromatic heterocycles. The predicted octanol–water partition coefficient (Wildman–Crippen LogP) is 13.6. The lowest BCUT2D eigenvalue weighted by molar-refractivity contribution is 0.145. The van der Waals surface area contributed by atoms with E-state index in [1.807, 2.05) is 0 Å². The van der Waals surface area contributed by atoms with Crippen molar-refractivity contribution in [1.82, 2.24) is 4.90 Å². The maximum absolute atomic E-state index is 12.2. The van der Waals surface area contributed by atoms with Gasteiger partial charge in [0.15, 0.2) is 0 Å². The summed E-state index contributed by atoms with van der Waals surface area (Å²) in [5.41, 5.74) is 0. The van der Waals surface area contributed by atoms with Crippen LogP contribution in [0.3, 0.4) is 0 Å². The van der Waals surface area contributed by atoms with Crippen molar-refractivity contribution in [2.45, 2.75) is 220 Å². The van der Waals surface area contributed by atoms with Gasteiger partial charge in [-0.15, -0.1) is 0 Å². The molecular weight excluding hydrogens is 577 g/mol. The first-order chi connectivity index (χ1) is 22.1. The summed E-state index contributed by atoms with van der Waals surface area (Å²) in [6.45, 7) is 11.1. The molecule has 0 fully saturated rings. The third-order valence-corrected chi connectivity index (χ3v) is 10.3. The van der Waals surface area contributed by atoms with Crippen molar-refractivity contribution in [2.75, 3.05) is 32.8 Å². The Bertz CT molecular complexity index is 584. The molecule has 1 N–H and O–H groups in total. The fourth-order valence-corrected chi connectivity index (χ4v) is 7.02. The van der Waals surface area contributed by atoms with Crippen molar-refractivity contribution < 1.29 is 18.5 Å². The first-order valence-corrected chi connectivity index (χ1v) is 21.9. The van der Waals surface area contributed by atoms with E-state index < -0.39 is 7.82 Å². The molecule has 0 heterocycles. The molecule has 272 valence electrons. The predicted molar refractivity (Wildman–Crippen MR) is 198 cm³/mol. The van der Waals surface area contributed by atoms with Crippen molar-refractivity contribution in [3.63, 3.8) is 0 Å². The minimum Gasteiger partial charge on any atom is -0.303 e. The lowest BCUT2D eigenvalue weighted by Crippen LogP contribution is -2.27. The summed E-state index contributed by atoms with van der Waals surface area (Å²) in [5.74, 6) is 0.